The first kappa shape index (κ1) is 12.4. The van der Waals surface area contributed by atoms with Crippen molar-refractivity contribution in [1.29, 1.82) is 0 Å². The van der Waals surface area contributed by atoms with Crippen molar-refractivity contribution >= 4 is 5.97 Å². The fraction of sp³-hybridized carbons (Fsp3) is 0.188. The first-order chi connectivity index (χ1) is 8.79. The van der Waals surface area contributed by atoms with E-state index in [1.165, 1.54) is 11.1 Å². The van der Waals surface area contributed by atoms with E-state index in [9.17, 15) is 4.79 Å². The van der Waals surface area contributed by atoms with Crippen LogP contribution in [0, 0.1) is 0 Å². The minimum Gasteiger partial charge on any atom is -0.461 e. The van der Waals surface area contributed by atoms with Crippen LogP contribution in [0.2, 0.25) is 0 Å². The molecule has 0 fully saturated rings. The molecule has 2 heteroatoms. The van der Waals surface area contributed by atoms with Gasteiger partial charge in [-0.25, -0.2) is 0 Å². The highest BCUT2D eigenvalue weighted by Crippen LogP contribution is 2.19. The summed E-state index contributed by atoms with van der Waals surface area (Å²) in [6, 6.07) is 18.3. The van der Waals surface area contributed by atoms with Gasteiger partial charge in [-0.05, 0) is 16.7 Å². The average molecular weight is 240 g/mol. The number of rotatable bonds is 4. The first-order valence-electron chi connectivity index (χ1n) is 6.09. The Labute approximate surface area is 107 Å². The van der Waals surface area contributed by atoms with Gasteiger partial charge < -0.3 is 4.74 Å². The van der Waals surface area contributed by atoms with Crippen molar-refractivity contribution < 1.29 is 9.53 Å². The van der Waals surface area contributed by atoms with Crippen molar-refractivity contribution in [1.82, 2.24) is 0 Å². The van der Waals surface area contributed by atoms with Gasteiger partial charge in [0.05, 0.1) is 0 Å². The molecule has 0 spiro atoms. The SMILES string of the molecule is CCC(=O)OCc1ccc(-c2ccccc2)cc1. The first-order valence-corrected chi connectivity index (χ1v) is 6.09. The summed E-state index contributed by atoms with van der Waals surface area (Å²) in [6.07, 6.45) is 0.419. The molecule has 0 aliphatic rings. The van der Waals surface area contributed by atoms with Gasteiger partial charge in [0.2, 0.25) is 0 Å². The van der Waals surface area contributed by atoms with Gasteiger partial charge in [-0.3, -0.25) is 4.79 Å². The van der Waals surface area contributed by atoms with Gasteiger partial charge in [0.25, 0.3) is 0 Å². The summed E-state index contributed by atoms with van der Waals surface area (Å²) in [4.78, 5) is 11.1. The molecule has 0 radical (unpaired) electrons. The van der Waals surface area contributed by atoms with Crippen molar-refractivity contribution in [2.45, 2.75) is 20.0 Å². The van der Waals surface area contributed by atoms with Crippen LogP contribution in [0.4, 0.5) is 0 Å². The lowest BCUT2D eigenvalue weighted by Gasteiger charge is -2.05. The van der Waals surface area contributed by atoms with Gasteiger partial charge in [-0.2, -0.15) is 0 Å². The Kier molecular flexibility index (Phi) is 4.13. The molecule has 18 heavy (non-hydrogen) atoms. The van der Waals surface area contributed by atoms with Gasteiger partial charge in [0.1, 0.15) is 6.61 Å². The predicted octanol–water partition coefficient (Wildman–Crippen LogP) is 3.81. The number of ether oxygens (including phenoxy) is 1. The minimum absolute atomic E-state index is 0.165. The summed E-state index contributed by atoms with van der Waals surface area (Å²) in [5, 5.41) is 0. The van der Waals surface area contributed by atoms with Crippen molar-refractivity contribution in [3.8, 4) is 11.1 Å². The second-order valence-corrected chi connectivity index (χ2v) is 4.08. The lowest BCUT2D eigenvalue weighted by atomic mass is 10.0. The van der Waals surface area contributed by atoms with Crippen LogP contribution in [0.1, 0.15) is 18.9 Å². The quantitative estimate of drug-likeness (QED) is 0.760. The molecule has 0 heterocycles. The summed E-state index contributed by atoms with van der Waals surface area (Å²) in [5.74, 6) is -0.165. The Hall–Kier alpha value is -2.09. The molecular weight excluding hydrogens is 224 g/mol. The van der Waals surface area contributed by atoms with Crippen LogP contribution >= 0.6 is 0 Å². The van der Waals surface area contributed by atoms with E-state index >= 15 is 0 Å². The third-order valence-corrected chi connectivity index (χ3v) is 2.75. The van der Waals surface area contributed by atoms with Gasteiger partial charge >= 0.3 is 5.97 Å². The number of hydrogen-bond acceptors (Lipinski definition) is 2. The van der Waals surface area contributed by atoms with Crippen molar-refractivity contribution in [2.24, 2.45) is 0 Å². The Balaban J connectivity index is 2.04. The zero-order chi connectivity index (χ0) is 12.8. The average Bonchev–Trinajstić information content (AvgIpc) is 2.46. The van der Waals surface area contributed by atoms with E-state index in [0.717, 1.165) is 5.56 Å². The third kappa shape index (κ3) is 3.20. The molecule has 2 rings (SSSR count). The van der Waals surface area contributed by atoms with E-state index in [-0.39, 0.29) is 5.97 Å². The van der Waals surface area contributed by atoms with Crippen LogP contribution in [0.3, 0.4) is 0 Å². The molecule has 0 N–H and O–H groups in total. The van der Waals surface area contributed by atoms with E-state index in [1.54, 1.807) is 6.92 Å². The number of carbonyl (C=O) groups is 1. The molecular formula is C16H16O2. The Morgan fingerprint density at radius 1 is 0.944 bits per heavy atom. The summed E-state index contributed by atoms with van der Waals surface area (Å²) in [5.41, 5.74) is 3.37. The summed E-state index contributed by atoms with van der Waals surface area (Å²) >= 11 is 0. The third-order valence-electron chi connectivity index (χ3n) is 2.75. The van der Waals surface area contributed by atoms with E-state index in [0.29, 0.717) is 13.0 Å². The molecule has 2 aromatic rings. The maximum atomic E-state index is 11.1. The number of benzene rings is 2. The number of carbonyl (C=O) groups excluding carboxylic acids is 1. The zero-order valence-corrected chi connectivity index (χ0v) is 10.4. The maximum Gasteiger partial charge on any atom is 0.305 e. The molecule has 0 bridgehead atoms. The second-order valence-electron chi connectivity index (χ2n) is 4.08. The maximum absolute atomic E-state index is 11.1. The fourth-order valence-electron chi connectivity index (χ4n) is 1.69. The molecule has 0 unspecified atom stereocenters. The molecule has 2 nitrogen and oxygen atoms in total. The molecule has 2 aromatic carbocycles. The van der Waals surface area contributed by atoms with Crippen LogP contribution in [0.15, 0.2) is 54.6 Å². The number of esters is 1. The van der Waals surface area contributed by atoms with E-state index in [2.05, 4.69) is 12.1 Å². The van der Waals surface area contributed by atoms with Crippen LogP contribution in [-0.2, 0) is 16.1 Å². The van der Waals surface area contributed by atoms with Crippen molar-refractivity contribution in [2.75, 3.05) is 0 Å². The molecule has 92 valence electrons. The van der Waals surface area contributed by atoms with E-state index in [4.69, 9.17) is 4.74 Å². The van der Waals surface area contributed by atoms with Gasteiger partial charge in [-0.1, -0.05) is 61.5 Å². The Morgan fingerprint density at radius 2 is 1.56 bits per heavy atom. The molecule has 0 aromatic heterocycles. The molecule has 0 saturated carbocycles. The summed E-state index contributed by atoms with van der Waals surface area (Å²) in [7, 11) is 0. The molecule has 0 saturated heterocycles. The smallest absolute Gasteiger partial charge is 0.305 e. The van der Waals surface area contributed by atoms with Crippen LogP contribution in [0.25, 0.3) is 11.1 Å². The highest BCUT2D eigenvalue weighted by atomic mass is 16.5. The van der Waals surface area contributed by atoms with Crippen LogP contribution < -0.4 is 0 Å². The van der Waals surface area contributed by atoms with Crippen molar-refractivity contribution in [3.05, 3.63) is 60.2 Å². The zero-order valence-electron chi connectivity index (χ0n) is 10.4. The monoisotopic (exact) mass is 240 g/mol. The highest BCUT2D eigenvalue weighted by molar-refractivity contribution is 5.69. The van der Waals surface area contributed by atoms with Crippen LogP contribution in [-0.4, -0.2) is 5.97 Å². The molecule has 0 aliphatic heterocycles. The second kappa shape index (κ2) is 6.01. The molecule has 0 atom stereocenters. The van der Waals surface area contributed by atoms with E-state index < -0.39 is 0 Å². The largest absolute Gasteiger partial charge is 0.461 e. The van der Waals surface area contributed by atoms with Gasteiger partial charge in [0, 0.05) is 6.42 Å². The predicted molar refractivity (Wildman–Crippen MR) is 72.0 cm³/mol. The standard InChI is InChI=1S/C16H16O2/c1-2-16(17)18-12-13-8-10-15(11-9-13)14-6-4-3-5-7-14/h3-11H,2,12H2,1H3. The Bertz CT molecular complexity index is 500. The topological polar surface area (TPSA) is 26.3 Å². The Morgan fingerprint density at radius 3 is 2.17 bits per heavy atom. The minimum atomic E-state index is -0.165. The van der Waals surface area contributed by atoms with Crippen molar-refractivity contribution in [3.63, 3.8) is 0 Å². The lowest BCUT2D eigenvalue weighted by molar-refractivity contribution is -0.144. The molecule has 0 aliphatic carbocycles. The summed E-state index contributed by atoms with van der Waals surface area (Å²) < 4.78 is 5.08. The fourth-order valence-corrected chi connectivity index (χ4v) is 1.69. The number of hydrogen-bond donors (Lipinski definition) is 0. The normalized spacial score (nSPS) is 10.1. The van der Waals surface area contributed by atoms with Gasteiger partial charge in [-0.15, -0.1) is 0 Å². The molecule has 0 amide bonds. The van der Waals surface area contributed by atoms with Crippen LogP contribution in [0.5, 0.6) is 0 Å². The van der Waals surface area contributed by atoms with E-state index in [1.807, 2.05) is 42.5 Å². The lowest BCUT2D eigenvalue weighted by Crippen LogP contribution is -2.02. The highest BCUT2D eigenvalue weighted by Gasteiger charge is 2.00. The van der Waals surface area contributed by atoms with Gasteiger partial charge in [0.15, 0.2) is 0 Å². The summed E-state index contributed by atoms with van der Waals surface area (Å²) in [6.45, 7) is 2.14.